The lowest BCUT2D eigenvalue weighted by atomic mass is 10.1. The lowest BCUT2D eigenvalue weighted by molar-refractivity contribution is -0.122. The van der Waals surface area contributed by atoms with Crippen LogP contribution >= 0.6 is 0 Å². The molecule has 0 radical (unpaired) electrons. The molecule has 1 unspecified atom stereocenters. The van der Waals surface area contributed by atoms with E-state index in [9.17, 15) is 9.59 Å². The van der Waals surface area contributed by atoms with Crippen molar-refractivity contribution in [2.75, 3.05) is 23.9 Å². The standard InChI is InChI=1S/C19H17N3O3/c1-25-17-8-3-2-7-16(17)22-12-14(10-18(22)23)19(24)21-15-6-4-5-13(9-15)11-20/h2-9,14H,10,12H2,1H3,(H,21,24). The van der Waals surface area contributed by atoms with Crippen LogP contribution in [0.15, 0.2) is 48.5 Å². The summed E-state index contributed by atoms with van der Waals surface area (Å²) in [6.07, 6.45) is 0.141. The number of nitrogens with zero attached hydrogens (tertiary/aromatic N) is 2. The minimum Gasteiger partial charge on any atom is -0.495 e. The van der Waals surface area contributed by atoms with Crippen LogP contribution in [-0.2, 0) is 9.59 Å². The second-order valence-electron chi connectivity index (χ2n) is 5.76. The quantitative estimate of drug-likeness (QED) is 0.931. The second-order valence-corrected chi connectivity index (χ2v) is 5.76. The lowest BCUT2D eigenvalue weighted by Gasteiger charge is -2.19. The normalized spacial score (nSPS) is 16.4. The summed E-state index contributed by atoms with van der Waals surface area (Å²) < 4.78 is 5.30. The van der Waals surface area contributed by atoms with E-state index in [1.807, 2.05) is 18.2 Å². The molecule has 6 heteroatoms. The van der Waals surface area contributed by atoms with Crippen LogP contribution in [0, 0.1) is 17.2 Å². The Morgan fingerprint density at radius 1 is 1.28 bits per heavy atom. The first-order chi connectivity index (χ1) is 12.1. The van der Waals surface area contributed by atoms with Crippen molar-refractivity contribution in [2.45, 2.75) is 6.42 Å². The zero-order valence-electron chi connectivity index (χ0n) is 13.7. The van der Waals surface area contributed by atoms with Crippen LogP contribution in [0.2, 0.25) is 0 Å². The van der Waals surface area contributed by atoms with Crippen molar-refractivity contribution in [1.82, 2.24) is 0 Å². The first-order valence-corrected chi connectivity index (χ1v) is 7.87. The number of para-hydroxylation sites is 2. The van der Waals surface area contributed by atoms with Crippen molar-refractivity contribution in [3.8, 4) is 11.8 Å². The van der Waals surface area contributed by atoms with Crippen LogP contribution in [0.3, 0.4) is 0 Å². The highest BCUT2D eigenvalue weighted by molar-refractivity contribution is 6.04. The van der Waals surface area contributed by atoms with Crippen LogP contribution < -0.4 is 15.0 Å². The average Bonchev–Trinajstić information content (AvgIpc) is 3.03. The Kier molecular flexibility index (Phi) is 4.66. The average molecular weight is 335 g/mol. The Hall–Kier alpha value is -3.33. The Morgan fingerprint density at radius 3 is 2.84 bits per heavy atom. The smallest absolute Gasteiger partial charge is 0.229 e. The van der Waals surface area contributed by atoms with Crippen molar-refractivity contribution < 1.29 is 14.3 Å². The minimum absolute atomic E-state index is 0.115. The first-order valence-electron chi connectivity index (χ1n) is 7.87. The Balaban J connectivity index is 1.73. The molecule has 2 amide bonds. The molecule has 6 nitrogen and oxygen atoms in total. The third-order valence-corrected chi connectivity index (χ3v) is 4.13. The summed E-state index contributed by atoms with van der Waals surface area (Å²) in [6.45, 7) is 0.295. The van der Waals surface area contributed by atoms with E-state index in [1.54, 1.807) is 48.4 Å². The molecule has 0 aromatic heterocycles. The van der Waals surface area contributed by atoms with Gasteiger partial charge in [0.2, 0.25) is 11.8 Å². The molecule has 1 aliphatic heterocycles. The number of carbonyl (C=O) groups is 2. The Labute approximate surface area is 145 Å². The number of nitriles is 1. The van der Waals surface area contributed by atoms with E-state index in [0.29, 0.717) is 29.2 Å². The maximum atomic E-state index is 12.5. The van der Waals surface area contributed by atoms with Crippen molar-refractivity contribution in [3.63, 3.8) is 0 Å². The van der Waals surface area contributed by atoms with E-state index in [0.717, 1.165) is 0 Å². The van der Waals surface area contributed by atoms with E-state index in [4.69, 9.17) is 10.00 Å². The number of nitrogens with one attached hydrogen (secondary N) is 1. The van der Waals surface area contributed by atoms with Gasteiger partial charge in [-0.2, -0.15) is 5.26 Å². The fourth-order valence-corrected chi connectivity index (χ4v) is 2.88. The summed E-state index contributed by atoms with van der Waals surface area (Å²) in [6, 6.07) is 16.0. The van der Waals surface area contributed by atoms with E-state index in [1.165, 1.54) is 0 Å². The highest BCUT2D eigenvalue weighted by atomic mass is 16.5. The number of hydrogen-bond donors (Lipinski definition) is 1. The largest absolute Gasteiger partial charge is 0.495 e. The first kappa shape index (κ1) is 16.5. The summed E-state index contributed by atoms with van der Waals surface area (Å²) in [5.41, 5.74) is 1.68. The molecule has 25 heavy (non-hydrogen) atoms. The highest BCUT2D eigenvalue weighted by Crippen LogP contribution is 2.33. The Morgan fingerprint density at radius 2 is 2.08 bits per heavy atom. The molecule has 0 bridgehead atoms. The molecule has 0 saturated carbocycles. The molecule has 1 fully saturated rings. The van der Waals surface area contributed by atoms with Gasteiger partial charge in [0, 0.05) is 18.7 Å². The van der Waals surface area contributed by atoms with E-state index in [2.05, 4.69) is 5.32 Å². The summed E-state index contributed by atoms with van der Waals surface area (Å²) >= 11 is 0. The van der Waals surface area contributed by atoms with Gasteiger partial charge < -0.3 is 15.0 Å². The number of methoxy groups -OCH3 is 1. The molecule has 126 valence electrons. The van der Waals surface area contributed by atoms with Crippen LogP contribution in [0.4, 0.5) is 11.4 Å². The highest BCUT2D eigenvalue weighted by Gasteiger charge is 2.36. The van der Waals surface area contributed by atoms with Crippen LogP contribution in [0.25, 0.3) is 0 Å². The van der Waals surface area contributed by atoms with Crippen molar-refractivity contribution in [2.24, 2.45) is 5.92 Å². The maximum Gasteiger partial charge on any atom is 0.229 e. The SMILES string of the molecule is COc1ccccc1N1CC(C(=O)Nc2cccc(C#N)c2)CC1=O. The molecule has 1 atom stereocenters. The molecule has 2 aromatic carbocycles. The molecule has 3 rings (SSSR count). The van der Waals surface area contributed by atoms with Gasteiger partial charge in [0.1, 0.15) is 5.75 Å². The number of benzene rings is 2. The van der Waals surface area contributed by atoms with Gasteiger partial charge >= 0.3 is 0 Å². The van der Waals surface area contributed by atoms with Gasteiger partial charge in [-0.3, -0.25) is 9.59 Å². The maximum absolute atomic E-state index is 12.5. The van der Waals surface area contributed by atoms with E-state index >= 15 is 0 Å². The van der Waals surface area contributed by atoms with Gasteiger partial charge in [-0.25, -0.2) is 0 Å². The molecular weight excluding hydrogens is 318 g/mol. The van der Waals surface area contributed by atoms with Crippen LogP contribution in [-0.4, -0.2) is 25.5 Å². The van der Waals surface area contributed by atoms with Crippen molar-refractivity contribution >= 4 is 23.2 Å². The molecule has 1 N–H and O–H groups in total. The summed E-state index contributed by atoms with van der Waals surface area (Å²) in [5.74, 6) is -0.210. The number of ether oxygens (including phenoxy) is 1. The predicted octanol–water partition coefficient (Wildman–Crippen LogP) is 2.56. The van der Waals surface area contributed by atoms with Gasteiger partial charge in [0.05, 0.1) is 30.3 Å². The minimum atomic E-state index is -0.455. The number of anilines is 2. The molecule has 0 spiro atoms. The predicted molar refractivity (Wildman–Crippen MR) is 93.2 cm³/mol. The summed E-state index contributed by atoms with van der Waals surface area (Å²) in [7, 11) is 1.55. The fraction of sp³-hybridized carbons (Fsp3) is 0.211. The molecule has 1 heterocycles. The summed E-state index contributed by atoms with van der Waals surface area (Å²) in [5, 5.41) is 11.7. The topological polar surface area (TPSA) is 82.4 Å². The number of amides is 2. The number of hydrogen-bond acceptors (Lipinski definition) is 4. The van der Waals surface area contributed by atoms with Gasteiger partial charge in [0.25, 0.3) is 0 Å². The van der Waals surface area contributed by atoms with Crippen molar-refractivity contribution in [1.29, 1.82) is 5.26 Å². The van der Waals surface area contributed by atoms with Gasteiger partial charge in [-0.1, -0.05) is 18.2 Å². The lowest BCUT2D eigenvalue weighted by Crippen LogP contribution is -2.28. The monoisotopic (exact) mass is 335 g/mol. The number of rotatable bonds is 4. The van der Waals surface area contributed by atoms with Gasteiger partial charge in [-0.05, 0) is 30.3 Å². The van der Waals surface area contributed by atoms with E-state index in [-0.39, 0.29) is 18.2 Å². The number of carbonyl (C=O) groups excluding carboxylic acids is 2. The van der Waals surface area contributed by atoms with Crippen molar-refractivity contribution in [3.05, 3.63) is 54.1 Å². The zero-order valence-corrected chi connectivity index (χ0v) is 13.7. The third kappa shape index (κ3) is 3.45. The Bertz CT molecular complexity index is 857. The molecule has 2 aromatic rings. The van der Waals surface area contributed by atoms with Gasteiger partial charge in [-0.15, -0.1) is 0 Å². The van der Waals surface area contributed by atoms with E-state index < -0.39 is 5.92 Å². The van der Waals surface area contributed by atoms with Crippen LogP contribution in [0.5, 0.6) is 5.75 Å². The molecule has 1 saturated heterocycles. The zero-order chi connectivity index (χ0) is 17.8. The molecule has 0 aliphatic carbocycles. The molecular formula is C19H17N3O3. The molecule has 1 aliphatic rings. The third-order valence-electron chi connectivity index (χ3n) is 4.13. The fourth-order valence-electron chi connectivity index (χ4n) is 2.88. The van der Waals surface area contributed by atoms with Crippen LogP contribution in [0.1, 0.15) is 12.0 Å². The second kappa shape index (κ2) is 7.05. The van der Waals surface area contributed by atoms with Gasteiger partial charge in [0.15, 0.2) is 0 Å². The summed E-state index contributed by atoms with van der Waals surface area (Å²) in [4.78, 5) is 26.4.